The van der Waals surface area contributed by atoms with Gasteiger partial charge in [-0.2, -0.15) is 0 Å². The third-order valence-corrected chi connectivity index (χ3v) is 11.9. The monoisotopic (exact) mass is 800 g/mol. The molecule has 11 aromatic carbocycles. The summed E-state index contributed by atoms with van der Waals surface area (Å²) in [5.74, 6) is -0.655. The third kappa shape index (κ3) is 6.41. The second-order valence-corrected chi connectivity index (χ2v) is 15.6. The highest BCUT2D eigenvalue weighted by atomic mass is 19.1. The quantitative estimate of drug-likeness (QED) is 0.134. The van der Waals surface area contributed by atoms with Crippen molar-refractivity contribution in [1.82, 2.24) is 0 Å². The Balaban J connectivity index is 1.15. The number of benzene rings is 11. The molecule has 11 aromatic rings. The lowest BCUT2D eigenvalue weighted by Gasteiger charge is -2.31. The number of para-hydroxylation sites is 2. The first-order chi connectivity index (χ1) is 30.6. The fraction of sp³-hybridized carbons (Fsp3) is 0. The largest absolute Gasteiger partial charge is 0.307 e. The van der Waals surface area contributed by atoms with Crippen LogP contribution in [0.4, 0.5) is 42.9 Å². The third-order valence-electron chi connectivity index (χ3n) is 11.9. The first-order valence-corrected chi connectivity index (χ1v) is 20.8. The molecule has 11 rings (SSSR count). The molecule has 0 amide bonds. The number of halogens is 2. The van der Waals surface area contributed by atoms with Crippen LogP contribution in [0.25, 0.3) is 65.7 Å². The SMILES string of the molecule is Fc1cc(-c2ccccc2)ccc1N(c1ccccc1)c1ccc2ccc3c(N(c4ccccc4)c4c(F)cc(-c5ccccc5)cc4-c4ccccc4)ccc4ccc1c2c43. The summed E-state index contributed by atoms with van der Waals surface area (Å²) in [7, 11) is 0. The Morgan fingerprint density at radius 3 is 1.24 bits per heavy atom. The van der Waals surface area contributed by atoms with Gasteiger partial charge >= 0.3 is 0 Å². The van der Waals surface area contributed by atoms with E-state index in [-0.39, 0.29) is 11.6 Å². The number of anilines is 6. The van der Waals surface area contributed by atoms with Crippen molar-refractivity contribution < 1.29 is 8.78 Å². The Kier molecular flexibility index (Phi) is 9.24. The molecule has 0 atom stereocenters. The van der Waals surface area contributed by atoms with Gasteiger partial charge in [0, 0.05) is 27.7 Å². The van der Waals surface area contributed by atoms with Crippen LogP contribution in [0, 0.1) is 11.6 Å². The van der Waals surface area contributed by atoms with Crippen LogP contribution in [-0.2, 0) is 0 Å². The standard InChI is InChI=1S/C58H38F2N2/c59-51-37-44(39-16-6-1-7-17-39)30-35-55(51)61(46-22-12-4-13-23-46)53-33-28-42-27-32-49-54(34-29-43-26-31-48(53)56(42)57(43)49)62(47-24-14-5-15-25-47)58-50(41-20-10-3-11-21-41)36-45(38-52(58)60)40-18-8-2-9-19-40/h1-38H. The van der Waals surface area contributed by atoms with Gasteiger partial charge in [-0.1, -0.05) is 170 Å². The van der Waals surface area contributed by atoms with Crippen molar-refractivity contribution >= 4 is 66.4 Å². The lowest BCUT2D eigenvalue weighted by molar-refractivity contribution is 0.629. The normalized spacial score (nSPS) is 11.4. The van der Waals surface area contributed by atoms with Crippen LogP contribution in [0.1, 0.15) is 0 Å². The molecular weight excluding hydrogens is 763 g/mol. The molecule has 0 aliphatic carbocycles. The van der Waals surface area contributed by atoms with E-state index in [1.165, 1.54) is 0 Å². The smallest absolute Gasteiger partial charge is 0.148 e. The molecule has 0 spiro atoms. The fourth-order valence-corrected chi connectivity index (χ4v) is 9.07. The van der Waals surface area contributed by atoms with Crippen LogP contribution in [0.2, 0.25) is 0 Å². The molecule has 0 unspecified atom stereocenters. The number of hydrogen-bond donors (Lipinski definition) is 0. The lowest BCUT2D eigenvalue weighted by atomic mass is 9.91. The molecule has 0 aliphatic heterocycles. The van der Waals surface area contributed by atoms with Crippen molar-refractivity contribution in [1.29, 1.82) is 0 Å². The van der Waals surface area contributed by atoms with Gasteiger partial charge in [-0.05, 0) is 110 Å². The Bertz CT molecular complexity index is 3360. The van der Waals surface area contributed by atoms with Crippen molar-refractivity contribution in [2.45, 2.75) is 0 Å². The number of nitrogens with zero attached hydrogens (tertiary/aromatic N) is 2. The number of hydrogen-bond acceptors (Lipinski definition) is 2. The van der Waals surface area contributed by atoms with Gasteiger partial charge in [0.2, 0.25) is 0 Å². The summed E-state index contributed by atoms with van der Waals surface area (Å²) in [6.45, 7) is 0. The van der Waals surface area contributed by atoms with Gasteiger partial charge in [-0.15, -0.1) is 0 Å². The van der Waals surface area contributed by atoms with E-state index in [1.807, 2.05) is 169 Å². The molecule has 0 aromatic heterocycles. The second kappa shape index (κ2) is 15.5. The minimum absolute atomic E-state index is 0.323. The van der Waals surface area contributed by atoms with Gasteiger partial charge in [-0.3, -0.25) is 0 Å². The molecule has 4 heteroatoms. The van der Waals surface area contributed by atoms with E-state index in [0.717, 1.165) is 88.4 Å². The summed E-state index contributed by atoms with van der Waals surface area (Å²) >= 11 is 0. The van der Waals surface area contributed by atoms with Crippen LogP contribution in [0.15, 0.2) is 231 Å². The summed E-state index contributed by atoms with van der Waals surface area (Å²) in [4.78, 5) is 4.09. The Hall–Kier alpha value is -8.08. The van der Waals surface area contributed by atoms with Crippen LogP contribution in [0.5, 0.6) is 0 Å². The maximum absolute atomic E-state index is 17.4. The van der Waals surface area contributed by atoms with Gasteiger partial charge in [0.25, 0.3) is 0 Å². The Morgan fingerprint density at radius 1 is 0.290 bits per heavy atom. The molecule has 0 bridgehead atoms. The van der Waals surface area contributed by atoms with Crippen LogP contribution in [0.3, 0.4) is 0 Å². The minimum atomic E-state index is -0.333. The molecule has 0 heterocycles. The van der Waals surface area contributed by atoms with Gasteiger partial charge in [0.05, 0.1) is 22.7 Å². The maximum Gasteiger partial charge on any atom is 0.148 e. The summed E-state index contributed by atoms with van der Waals surface area (Å²) in [6, 6.07) is 76.2. The highest BCUT2D eigenvalue weighted by Gasteiger charge is 2.26. The molecule has 0 saturated heterocycles. The summed E-state index contributed by atoms with van der Waals surface area (Å²) < 4.78 is 34.1. The van der Waals surface area contributed by atoms with E-state index in [0.29, 0.717) is 11.4 Å². The van der Waals surface area contributed by atoms with E-state index >= 15 is 8.78 Å². The van der Waals surface area contributed by atoms with Gasteiger partial charge in [0.15, 0.2) is 0 Å². The fourth-order valence-electron chi connectivity index (χ4n) is 9.07. The predicted molar refractivity (Wildman–Crippen MR) is 256 cm³/mol. The van der Waals surface area contributed by atoms with E-state index in [1.54, 1.807) is 12.1 Å². The van der Waals surface area contributed by atoms with Crippen molar-refractivity contribution in [2.24, 2.45) is 0 Å². The van der Waals surface area contributed by atoms with E-state index < -0.39 is 0 Å². The Labute approximate surface area is 359 Å². The van der Waals surface area contributed by atoms with Crippen molar-refractivity contribution in [3.05, 3.63) is 242 Å². The molecule has 0 N–H and O–H groups in total. The van der Waals surface area contributed by atoms with Crippen LogP contribution < -0.4 is 9.80 Å². The zero-order chi connectivity index (χ0) is 41.6. The topological polar surface area (TPSA) is 6.48 Å². The summed E-state index contributed by atoms with van der Waals surface area (Å²) in [5.41, 5.74) is 9.47. The molecule has 62 heavy (non-hydrogen) atoms. The average Bonchev–Trinajstić information content (AvgIpc) is 3.34. The van der Waals surface area contributed by atoms with E-state index in [2.05, 4.69) is 59.5 Å². The van der Waals surface area contributed by atoms with Gasteiger partial charge < -0.3 is 9.80 Å². The zero-order valence-electron chi connectivity index (χ0n) is 33.6. The summed E-state index contributed by atoms with van der Waals surface area (Å²) in [5, 5.41) is 6.16. The van der Waals surface area contributed by atoms with Gasteiger partial charge in [-0.25, -0.2) is 8.78 Å². The maximum atomic E-state index is 17.4. The molecule has 294 valence electrons. The van der Waals surface area contributed by atoms with Crippen molar-refractivity contribution in [2.75, 3.05) is 9.80 Å². The molecule has 0 saturated carbocycles. The van der Waals surface area contributed by atoms with Crippen molar-refractivity contribution in [3.63, 3.8) is 0 Å². The minimum Gasteiger partial charge on any atom is -0.307 e. The lowest BCUT2D eigenvalue weighted by Crippen LogP contribution is -2.14. The highest BCUT2D eigenvalue weighted by molar-refractivity contribution is 6.28. The number of rotatable bonds is 9. The van der Waals surface area contributed by atoms with Crippen molar-refractivity contribution in [3.8, 4) is 33.4 Å². The Morgan fingerprint density at radius 2 is 0.710 bits per heavy atom. The zero-order valence-corrected chi connectivity index (χ0v) is 33.6. The second-order valence-electron chi connectivity index (χ2n) is 15.6. The predicted octanol–water partition coefficient (Wildman–Crippen LogP) is 16.8. The highest BCUT2D eigenvalue weighted by Crippen LogP contribution is 2.50. The average molecular weight is 801 g/mol. The van der Waals surface area contributed by atoms with Gasteiger partial charge in [0.1, 0.15) is 11.6 Å². The molecular formula is C58H38F2N2. The molecule has 0 fully saturated rings. The first-order valence-electron chi connectivity index (χ1n) is 20.8. The first kappa shape index (κ1) is 37.0. The molecule has 0 aliphatic rings. The van der Waals surface area contributed by atoms with E-state index in [4.69, 9.17) is 0 Å². The molecule has 0 radical (unpaired) electrons. The van der Waals surface area contributed by atoms with E-state index in [9.17, 15) is 0 Å². The molecule has 2 nitrogen and oxygen atoms in total. The summed E-state index contributed by atoms with van der Waals surface area (Å²) in [6.07, 6.45) is 0. The van der Waals surface area contributed by atoms with Crippen LogP contribution in [-0.4, -0.2) is 0 Å². The van der Waals surface area contributed by atoms with Crippen LogP contribution >= 0.6 is 0 Å².